The zero-order valence-corrected chi connectivity index (χ0v) is 16.9. The Morgan fingerprint density at radius 1 is 1.22 bits per heavy atom. The molecule has 7 heteroatoms. The largest absolute Gasteiger partial charge is 0.494 e. The fourth-order valence-corrected chi connectivity index (χ4v) is 4.30. The van der Waals surface area contributed by atoms with Gasteiger partial charge in [-0.3, -0.25) is 19.4 Å². The third-order valence-corrected chi connectivity index (χ3v) is 5.85. The first kappa shape index (κ1) is 19.6. The van der Waals surface area contributed by atoms with E-state index in [9.17, 15) is 9.59 Å². The lowest BCUT2D eigenvalue weighted by Crippen LogP contribution is -2.17. The number of amides is 1. The molecule has 1 aromatic heterocycles. The number of hydrogen-bond acceptors (Lipinski definition) is 4. The first-order chi connectivity index (χ1) is 13.0. The summed E-state index contributed by atoms with van der Waals surface area (Å²) >= 11 is 1.47. The molecule has 1 aliphatic rings. The average Bonchev–Trinajstić information content (AvgIpc) is 2.86. The number of H-pyrrole nitrogens is 1. The fraction of sp³-hybridized carbons (Fsp3) is 0.500. The van der Waals surface area contributed by atoms with Gasteiger partial charge in [0.15, 0.2) is 0 Å². The Hall–Kier alpha value is -2.15. The average molecular weight is 390 g/mol. The van der Waals surface area contributed by atoms with E-state index in [0.717, 1.165) is 24.2 Å². The lowest BCUT2D eigenvalue weighted by Gasteiger charge is -2.15. The van der Waals surface area contributed by atoms with E-state index in [1.807, 2.05) is 38.1 Å². The molecular formula is C20H27N3O3S. The van der Waals surface area contributed by atoms with E-state index in [4.69, 9.17) is 4.74 Å². The quantitative estimate of drug-likeness (QED) is 0.699. The molecule has 0 unspecified atom stereocenters. The molecule has 2 N–H and O–H groups in total. The topological polar surface area (TPSA) is 76.1 Å². The van der Waals surface area contributed by atoms with Crippen molar-refractivity contribution in [3.8, 4) is 5.75 Å². The molecule has 0 saturated heterocycles. The molecule has 146 valence electrons. The molecule has 3 rings (SSSR count). The van der Waals surface area contributed by atoms with Gasteiger partial charge >= 0.3 is 0 Å². The van der Waals surface area contributed by atoms with Crippen LogP contribution in [0.4, 0.5) is 5.82 Å². The van der Waals surface area contributed by atoms with Crippen LogP contribution in [0.1, 0.15) is 62.5 Å². The molecule has 1 aliphatic heterocycles. The lowest BCUT2D eigenvalue weighted by molar-refractivity contribution is -0.113. The number of rotatable bonds is 7. The van der Waals surface area contributed by atoms with E-state index in [1.165, 1.54) is 18.2 Å². The van der Waals surface area contributed by atoms with Gasteiger partial charge < -0.3 is 10.1 Å². The first-order valence-corrected chi connectivity index (χ1v) is 10.5. The van der Waals surface area contributed by atoms with Crippen LogP contribution >= 0.6 is 11.8 Å². The Labute approximate surface area is 163 Å². The van der Waals surface area contributed by atoms with Crippen molar-refractivity contribution in [3.63, 3.8) is 0 Å². The Balaban J connectivity index is 1.87. The fourth-order valence-electron chi connectivity index (χ4n) is 3.18. The third-order valence-electron chi connectivity index (χ3n) is 4.58. The second-order valence-corrected chi connectivity index (χ2v) is 8.12. The number of ether oxygens (including phenoxy) is 1. The molecular weight excluding hydrogens is 362 g/mol. The highest BCUT2D eigenvalue weighted by Gasteiger charge is 2.30. The number of carbonyl (C=O) groups excluding carboxylic acids is 1. The van der Waals surface area contributed by atoms with Crippen molar-refractivity contribution in [1.82, 2.24) is 9.78 Å². The normalized spacial score (nSPS) is 16.7. The van der Waals surface area contributed by atoms with E-state index in [2.05, 4.69) is 17.3 Å². The van der Waals surface area contributed by atoms with Crippen molar-refractivity contribution in [2.75, 3.05) is 17.7 Å². The van der Waals surface area contributed by atoms with Gasteiger partial charge in [0, 0.05) is 6.04 Å². The maximum absolute atomic E-state index is 12.6. The molecule has 2 aromatic rings. The van der Waals surface area contributed by atoms with E-state index in [0.29, 0.717) is 23.7 Å². The van der Waals surface area contributed by atoms with Crippen LogP contribution in [-0.2, 0) is 4.79 Å². The van der Waals surface area contributed by atoms with Gasteiger partial charge in [0.1, 0.15) is 11.6 Å². The molecule has 6 nitrogen and oxygen atoms in total. The molecule has 1 amide bonds. The molecule has 0 bridgehead atoms. The number of unbranched alkanes of at least 4 members (excludes halogenated alkanes) is 2. The molecule has 1 atom stereocenters. The van der Waals surface area contributed by atoms with Crippen LogP contribution in [0.3, 0.4) is 0 Å². The Morgan fingerprint density at radius 2 is 1.96 bits per heavy atom. The SMILES string of the molecule is CCCCCOc1ccc([C@H]2SCC(=O)Nc3c2c(=O)[nH]n3C(C)C)cc1. The summed E-state index contributed by atoms with van der Waals surface area (Å²) in [5.41, 5.74) is 1.44. The summed E-state index contributed by atoms with van der Waals surface area (Å²) in [7, 11) is 0. The molecule has 1 aromatic carbocycles. The smallest absolute Gasteiger partial charge is 0.270 e. The lowest BCUT2D eigenvalue weighted by atomic mass is 10.1. The number of nitrogens with one attached hydrogen (secondary N) is 2. The van der Waals surface area contributed by atoms with Crippen molar-refractivity contribution < 1.29 is 9.53 Å². The summed E-state index contributed by atoms with van der Waals surface area (Å²) in [6.45, 7) is 6.83. The van der Waals surface area contributed by atoms with E-state index in [1.54, 1.807) is 4.68 Å². The van der Waals surface area contributed by atoms with E-state index in [-0.39, 0.29) is 22.8 Å². The van der Waals surface area contributed by atoms with Crippen LogP contribution in [0.15, 0.2) is 29.1 Å². The number of benzene rings is 1. The van der Waals surface area contributed by atoms with Crippen molar-refractivity contribution >= 4 is 23.5 Å². The molecule has 27 heavy (non-hydrogen) atoms. The van der Waals surface area contributed by atoms with Crippen molar-refractivity contribution in [1.29, 1.82) is 0 Å². The summed E-state index contributed by atoms with van der Waals surface area (Å²) in [4.78, 5) is 24.8. The summed E-state index contributed by atoms with van der Waals surface area (Å²) in [5.74, 6) is 1.63. The van der Waals surface area contributed by atoms with Gasteiger partial charge in [-0.25, -0.2) is 0 Å². The number of aromatic nitrogens is 2. The molecule has 0 saturated carbocycles. The number of fused-ring (bicyclic) bond motifs is 1. The highest BCUT2D eigenvalue weighted by Crippen LogP contribution is 2.40. The van der Waals surface area contributed by atoms with Crippen molar-refractivity contribution in [3.05, 3.63) is 45.7 Å². The maximum atomic E-state index is 12.6. The minimum Gasteiger partial charge on any atom is -0.494 e. The van der Waals surface area contributed by atoms with Gasteiger partial charge in [0.2, 0.25) is 5.91 Å². The van der Waals surface area contributed by atoms with Gasteiger partial charge in [-0.1, -0.05) is 31.9 Å². The number of nitrogens with zero attached hydrogens (tertiary/aromatic N) is 1. The summed E-state index contributed by atoms with van der Waals surface area (Å²) in [6.07, 6.45) is 3.38. The Bertz CT molecular complexity index is 839. The Kier molecular flexibility index (Phi) is 6.31. The predicted molar refractivity (Wildman–Crippen MR) is 110 cm³/mol. The zero-order valence-electron chi connectivity index (χ0n) is 16.1. The number of aromatic amines is 1. The maximum Gasteiger partial charge on any atom is 0.270 e. The third kappa shape index (κ3) is 4.40. The van der Waals surface area contributed by atoms with E-state index < -0.39 is 0 Å². The van der Waals surface area contributed by atoms with Crippen LogP contribution in [0.25, 0.3) is 0 Å². The Morgan fingerprint density at radius 3 is 2.63 bits per heavy atom. The van der Waals surface area contributed by atoms with Gasteiger partial charge in [-0.05, 0) is 38.0 Å². The van der Waals surface area contributed by atoms with Gasteiger partial charge in [0.05, 0.1) is 23.2 Å². The van der Waals surface area contributed by atoms with Crippen LogP contribution in [0.5, 0.6) is 5.75 Å². The van der Waals surface area contributed by atoms with Crippen LogP contribution in [-0.4, -0.2) is 28.0 Å². The molecule has 0 aliphatic carbocycles. The minimum absolute atomic E-state index is 0.0457. The number of anilines is 1. The zero-order chi connectivity index (χ0) is 19.4. The van der Waals surface area contributed by atoms with Gasteiger partial charge in [0.25, 0.3) is 5.56 Å². The number of hydrogen-bond donors (Lipinski definition) is 2. The highest BCUT2D eigenvalue weighted by molar-refractivity contribution is 8.00. The molecule has 0 fully saturated rings. The molecule has 0 radical (unpaired) electrons. The number of carbonyl (C=O) groups is 1. The van der Waals surface area contributed by atoms with E-state index >= 15 is 0 Å². The second-order valence-electron chi connectivity index (χ2n) is 7.03. The second kappa shape index (κ2) is 8.69. The highest BCUT2D eigenvalue weighted by atomic mass is 32.2. The predicted octanol–water partition coefficient (Wildman–Crippen LogP) is 4.10. The summed E-state index contributed by atoms with van der Waals surface area (Å²) < 4.78 is 7.51. The van der Waals surface area contributed by atoms with Gasteiger partial charge in [-0.15, -0.1) is 11.8 Å². The van der Waals surface area contributed by atoms with Crippen molar-refractivity contribution in [2.24, 2.45) is 0 Å². The molecule has 2 heterocycles. The van der Waals surface area contributed by atoms with Crippen molar-refractivity contribution in [2.45, 2.75) is 51.3 Å². The van der Waals surface area contributed by atoms with Crippen LogP contribution in [0, 0.1) is 0 Å². The van der Waals surface area contributed by atoms with Gasteiger partial charge in [-0.2, -0.15) is 0 Å². The standard InChI is InChI=1S/C20H27N3O3S/c1-4-5-6-11-26-15-9-7-14(8-10-15)18-17-19(21-16(24)12-27-18)23(13(2)3)22-20(17)25/h7-10,13,18H,4-6,11-12H2,1-3H3,(H,21,24)(H,22,25)/t18-/m1/s1. The molecule has 0 spiro atoms. The number of thioether (sulfide) groups is 1. The van der Waals surface area contributed by atoms with Crippen LogP contribution in [0.2, 0.25) is 0 Å². The summed E-state index contributed by atoms with van der Waals surface area (Å²) in [5, 5.41) is 5.56. The monoisotopic (exact) mass is 389 g/mol. The summed E-state index contributed by atoms with van der Waals surface area (Å²) in [6, 6.07) is 7.89. The first-order valence-electron chi connectivity index (χ1n) is 9.49. The van der Waals surface area contributed by atoms with Crippen LogP contribution < -0.4 is 15.6 Å². The minimum atomic E-state index is -0.197.